The number of rotatable bonds is 5. The second-order valence-corrected chi connectivity index (χ2v) is 12.0. The molecule has 1 N–H and O–H groups in total. The van der Waals surface area contributed by atoms with Gasteiger partial charge in [-0.05, 0) is 48.9 Å². The molecule has 0 bridgehead atoms. The van der Waals surface area contributed by atoms with E-state index in [0.29, 0.717) is 26.3 Å². The van der Waals surface area contributed by atoms with Crippen molar-refractivity contribution in [1.29, 1.82) is 0 Å². The molecule has 0 saturated carbocycles. The van der Waals surface area contributed by atoms with Crippen LogP contribution in [0.1, 0.15) is 21.9 Å². The summed E-state index contributed by atoms with van der Waals surface area (Å²) in [5.41, 5.74) is 2.94. The maximum atomic E-state index is 13.9. The number of nitrogens with zero attached hydrogens (tertiary/aromatic N) is 2. The quantitative estimate of drug-likeness (QED) is 0.326. The molecule has 3 heterocycles. The molecule has 4 aromatic rings. The van der Waals surface area contributed by atoms with Crippen LogP contribution in [0.4, 0.5) is 11.4 Å². The summed E-state index contributed by atoms with van der Waals surface area (Å²) < 4.78 is 1.41. The van der Waals surface area contributed by atoms with E-state index in [4.69, 9.17) is 11.6 Å². The minimum atomic E-state index is -0.746. The number of nitrogens with one attached hydrogen (secondary N) is 1. The van der Waals surface area contributed by atoms with Crippen molar-refractivity contribution >= 4 is 63.8 Å². The highest BCUT2D eigenvalue weighted by Crippen LogP contribution is 2.53. The minimum Gasteiger partial charge on any atom is -0.325 e. The number of hydrogen-bond acceptors (Lipinski definition) is 6. The van der Waals surface area contributed by atoms with E-state index in [1.165, 1.54) is 21.2 Å². The van der Waals surface area contributed by atoms with E-state index in [9.17, 15) is 19.2 Å². The average Bonchev–Trinajstić information content (AvgIpc) is 3.36. The highest BCUT2D eigenvalue weighted by Gasteiger charge is 2.56. The number of amides is 3. The van der Waals surface area contributed by atoms with E-state index in [1.807, 2.05) is 49.4 Å². The normalized spacial score (nSPS) is 20.1. The Kier molecular flexibility index (Phi) is 6.66. The highest BCUT2D eigenvalue weighted by atomic mass is 35.5. The monoisotopic (exact) mass is 575 g/mol. The predicted octanol–water partition coefficient (Wildman–Crippen LogP) is 5.31. The molecule has 1 aromatic heterocycles. The lowest BCUT2D eigenvalue weighted by atomic mass is 9.83. The summed E-state index contributed by atoms with van der Waals surface area (Å²) in [4.78, 5) is 55.4. The zero-order chi connectivity index (χ0) is 27.3. The van der Waals surface area contributed by atoms with Crippen molar-refractivity contribution in [2.24, 2.45) is 5.92 Å². The Hall–Kier alpha value is -3.66. The SMILES string of the molecule is Cc1ccc(N2C(=O)[C@H]3[C@H](c4ccc(Cl)cc4)c4sc(=O)n(CC(=O)Nc5ccccc5)c4S[C@H]3C2=O)cc1. The van der Waals surface area contributed by atoms with Gasteiger partial charge in [0.05, 0.1) is 16.6 Å². The lowest BCUT2D eigenvalue weighted by molar-refractivity contribution is -0.122. The van der Waals surface area contributed by atoms with Crippen molar-refractivity contribution in [2.75, 3.05) is 10.2 Å². The fraction of sp³-hybridized carbons (Fsp3) is 0.172. The molecule has 10 heteroatoms. The van der Waals surface area contributed by atoms with Gasteiger partial charge in [-0.1, -0.05) is 82.7 Å². The number of anilines is 2. The van der Waals surface area contributed by atoms with Crippen LogP contribution in [0.2, 0.25) is 5.02 Å². The molecule has 1 fully saturated rings. The van der Waals surface area contributed by atoms with Gasteiger partial charge in [0.1, 0.15) is 11.8 Å². The van der Waals surface area contributed by atoms with Crippen LogP contribution in [0.25, 0.3) is 0 Å². The number of aryl methyl sites for hydroxylation is 1. The number of benzene rings is 3. The van der Waals surface area contributed by atoms with E-state index < -0.39 is 17.1 Å². The Morgan fingerprint density at radius 2 is 1.62 bits per heavy atom. The van der Waals surface area contributed by atoms with Crippen LogP contribution >= 0.6 is 34.7 Å². The number of carbonyl (C=O) groups is 3. The number of thioether (sulfide) groups is 1. The van der Waals surface area contributed by atoms with E-state index >= 15 is 0 Å². The molecule has 1 saturated heterocycles. The van der Waals surface area contributed by atoms with Crippen LogP contribution in [-0.2, 0) is 20.9 Å². The summed E-state index contributed by atoms with van der Waals surface area (Å²) >= 11 is 8.36. The first-order valence-electron chi connectivity index (χ1n) is 12.3. The molecule has 3 aromatic carbocycles. The van der Waals surface area contributed by atoms with E-state index in [1.54, 1.807) is 36.4 Å². The Morgan fingerprint density at radius 3 is 2.31 bits per heavy atom. The molecule has 0 unspecified atom stereocenters. The Balaban J connectivity index is 1.42. The Morgan fingerprint density at radius 1 is 0.923 bits per heavy atom. The summed E-state index contributed by atoms with van der Waals surface area (Å²) in [6, 6.07) is 23.4. The van der Waals surface area contributed by atoms with E-state index in [-0.39, 0.29) is 29.1 Å². The van der Waals surface area contributed by atoms with Gasteiger partial charge >= 0.3 is 4.87 Å². The van der Waals surface area contributed by atoms with Crippen molar-refractivity contribution in [3.05, 3.63) is 110 Å². The van der Waals surface area contributed by atoms with Gasteiger partial charge in [0.25, 0.3) is 0 Å². The average molecular weight is 576 g/mol. The smallest absolute Gasteiger partial charge is 0.308 e. The summed E-state index contributed by atoms with van der Waals surface area (Å²) in [6.45, 7) is 1.73. The molecular weight excluding hydrogens is 554 g/mol. The number of fused-ring (bicyclic) bond motifs is 2. The Labute approximate surface area is 237 Å². The van der Waals surface area contributed by atoms with Gasteiger partial charge in [-0.3, -0.25) is 23.7 Å². The third-order valence-corrected chi connectivity index (χ3v) is 9.79. The third kappa shape index (κ3) is 4.60. The predicted molar refractivity (Wildman–Crippen MR) is 154 cm³/mol. The maximum absolute atomic E-state index is 13.9. The highest BCUT2D eigenvalue weighted by molar-refractivity contribution is 8.00. The van der Waals surface area contributed by atoms with E-state index in [0.717, 1.165) is 22.5 Å². The van der Waals surface area contributed by atoms with Crippen molar-refractivity contribution in [2.45, 2.75) is 29.7 Å². The number of carbonyl (C=O) groups excluding carboxylic acids is 3. The van der Waals surface area contributed by atoms with Crippen LogP contribution in [0.3, 0.4) is 0 Å². The number of thiazole rings is 1. The maximum Gasteiger partial charge on any atom is 0.308 e. The van der Waals surface area contributed by atoms with Crippen molar-refractivity contribution in [3.63, 3.8) is 0 Å². The Bertz CT molecular complexity index is 1650. The van der Waals surface area contributed by atoms with Crippen molar-refractivity contribution < 1.29 is 14.4 Å². The third-order valence-electron chi connectivity index (χ3n) is 6.93. The van der Waals surface area contributed by atoms with Crippen molar-refractivity contribution in [1.82, 2.24) is 4.57 Å². The van der Waals surface area contributed by atoms with Crippen LogP contribution in [0.15, 0.2) is 88.7 Å². The largest absolute Gasteiger partial charge is 0.325 e. The number of imide groups is 1. The molecule has 3 amide bonds. The molecule has 2 aliphatic heterocycles. The van der Waals surface area contributed by atoms with Crippen LogP contribution in [0.5, 0.6) is 0 Å². The number of hydrogen-bond donors (Lipinski definition) is 1. The van der Waals surface area contributed by atoms with Gasteiger partial charge in [0, 0.05) is 21.5 Å². The van der Waals surface area contributed by atoms with Gasteiger partial charge in [0.15, 0.2) is 0 Å². The lowest BCUT2D eigenvalue weighted by Crippen LogP contribution is -2.33. The van der Waals surface area contributed by atoms with Gasteiger partial charge in [-0.2, -0.15) is 0 Å². The van der Waals surface area contributed by atoms with E-state index in [2.05, 4.69) is 5.32 Å². The zero-order valence-electron chi connectivity index (χ0n) is 20.7. The summed E-state index contributed by atoms with van der Waals surface area (Å²) in [5.74, 6) is -2.23. The molecule has 39 heavy (non-hydrogen) atoms. The van der Waals surface area contributed by atoms with Crippen LogP contribution in [-0.4, -0.2) is 27.5 Å². The summed E-state index contributed by atoms with van der Waals surface area (Å²) in [7, 11) is 0. The molecule has 6 rings (SSSR count). The molecule has 196 valence electrons. The molecule has 3 atom stereocenters. The van der Waals surface area contributed by atoms with Crippen molar-refractivity contribution in [3.8, 4) is 0 Å². The van der Waals surface area contributed by atoms with Gasteiger partial charge < -0.3 is 5.32 Å². The topological polar surface area (TPSA) is 88.5 Å². The fourth-order valence-electron chi connectivity index (χ4n) is 5.10. The lowest BCUT2D eigenvalue weighted by Gasteiger charge is -2.30. The minimum absolute atomic E-state index is 0.207. The number of para-hydroxylation sites is 1. The second kappa shape index (κ2) is 10.1. The zero-order valence-corrected chi connectivity index (χ0v) is 23.1. The number of aromatic nitrogens is 1. The first-order valence-corrected chi connectivity index (χ1v) is 14.3. The van der Waals surface area contributed by atoms with Crippen LogP contribution in [0, 0.1) is 12.8 Å². The second-order valence-electron chi connectivity index (χ2n) is 9.48. The molecule has 2 aliphatic rings. The molecule has 0 radical (unpaired) electrons. The first kappa shape index (κ1) is 25.6. The summed E-state index contributed by atoms with van der Waals surface area (Å²) in [6.07, 6.45) is 0. The fourth-order valence-corrected chi connectivity index (χ4v) is 8.00. The summed E-state index contributed by atoms with van der Waals surface area (Å²) in [5, 5.41) is 3.15. The molecular formula is C29H22ClN3O4S2. The standard InChI is InChI=1S/C29H22ClN3O4S2/c1-16-7-13-20(14-8-16)33-26(35)23-22(17-9-11-18(30)12-10-17)25-28(38-24(23)27(33)36)32(29(37)39-25)15-21(34)31-19-5-3-2-4-6-19/h2-14,22-24H,15H2,1H3,(H,31,34)/t22-,23-,24+/m0/s1. The van der Waals surface area contributed by atoms with Gasteiger partial charge in [-0.25, -0.2) is 4.90 Å². The molecule has 0 aliphatic carbocycles. The van der Waals surface area contributed by atoms with Gasteiger partial charge in [0.2, 0.25) is 17.7 Å². The van der Waals surface area contributed by atoms with Gasteiger partial charge in [-0.15, -0.1) is 0 Å². The number of halogens is 1. The van der Waals surface area contributed by atoms with Crippen LogP contribution < -0.4 is 15.1 Å². The first-order chi connectivity index (χ1) is 18.8. The molecule has 0 spiro atoms. The molecule has 7 nitrogen and oxygen atoms in total.